The molecule has 0 radical (unpaired) electrons. The Bertz CT molecular complexity index is 559. The van der Waals surface area contributed by atoms with Gasteiger partial charge in [0.15, 0.2) is 0 Å². The summed E-state index contributed by atoms with van der Waals surface area (Å²) in [4.78, 5) is 0. The highest BCUT2D eigenvalue weighted by Gasteiger charge is 2.25. The van der Waals surface area contributed by atoms with Crippen molar-refractivity contribution in [3.05, 3.63) is 59.3 Å². The Labute approximate surface area is 184 Å². The van der Waals surface area contributed by atoms with Crippen LogP contribution in [-0.2, 0) is 0 Å². The lowest BCUT2D eigenvalue weighted by Crippen LogP contribution is -2.03. The molecule has 0 heterocycles. The van der Waals surface area contributed by atoms with Gasteiger partial charge in [0.25, 0.3) is 0 Å². The third-order valence-electron chi connectivity index (χ3n) is 5.72. The molecule has 0 aromatic rings. The average Bonchev–Trinajstić information content (AvgIpc) is 2.94. The monoisotopic (exact) mass is 398 g/mol. The zero-order valence-electron chi connectivity index (χ0n) is 20.9. The van der Waals surface area contributed by atoms with Gasteiger partial charge in [-0.05, 0) is 97.0 Å². The van der Waals surface area contributed by atoms with Crippen molar-refractivity contribution in [1.29, 1.82) is 0 Å². The fourth-order valence-electron chi connectivity index (χ4n) is 4.00. The molecule has 0 aromatic carbocycles. The van der Waals surface area contributed by atoms with Crippen molar-refractivity contribution in [3.8, 4) is 0 Å². The van der Waals surface area contributed by atoms with Crippen molar-refractivity contribution >= 4 is 0 Å². The molecular formula is C29H50. The van der Waals surface area contributed by atoms with Crippen LogP contribution in [-0.4, -0.2) is 0 Å². The van der Waals surface area contributed by atoms with E-state index in [2.05, 4.69) is 72.9 Å². The molecule has 166 valence electrons. The third kappa shape index (κ3) is 15.2. The van der Waals surface area contributed by atoms with Gasteiger partial charge in [-0.25, -0.2) is 0 Å². The molecule has 1 rings (SSSR count). The van der Waals surface area contributed by atoms with Gasteiger partial charge in [0, 0.05) is 0 Å². The van der Waals surface area contributed by atoms with Crippen molar-refractivity contribution in [2.75, 3.05) is 0 Å². The molecular weight excluding hydrogens is 348 g/mol. The van der Waals surface area contributed by atoms with Crippen molar-refractivity contribution in [1.82, 2.24) is 0 Å². The van der Waals surface area contributed by atoms with Gasteiger partial charge in [0.2, 0.25) is 0 Å². The predicted molar refractivity (Wildman–Crippen MR) is 135 cm³/mol. The summed E-state index contributed by atoms with van der Waals surface area (Å²) in [7, 11) is 0. The van der Waals surface area contributed by atoms with E-state index in [1.54, 1.807) is 5.57 Å². The molecule has 2 atom stereocenters. The van der Waals surface area contributed by atoms with Crippen molar-refractivity contribution in [2.24, 2.45) is 11.8 Å². The highest BCUT2D eigenvalue weighted by atomic mass is 14.3. The maximum atomic E-state index is 4.15. The first-order valence-corrected chi connectivity index (χ1v) is 12.0. The molecule has 0 amide bonds. The smallest absolute Gasteiger partial charge is 0.0280 e. The van der Waals surface area contributed by atoms with E-state index < -0.39 is 0 Å². The van der Waals surface area contributed by atoms with Gasteiger partial charge in [-0.2, -0.15) is 0 Å². The predicted octanol–water partition coefficient (Wildman–Crippen LogP) is 10.2. The van der Waals surface area contributed by atoms with Crippen LogP contribution in [0, 0.1) is 11.8 Å². The van der Waals surface area contributed by atoms with Crippen LogP contribution in [0.5, 0.6) is 0 Å². The van der Waals surface area contributed by atoms with Crippen LogP contribution < -0.4 is 0 Å². The minimum absolute atomic E-state index is 0.869. The SMILES string of the molecule is C=C(C)/C=C/CCCCC.C=C1CC(C)C(CCCCC(C=C(C)C)=C(C)C)C1. The summed E-state index contributed by atoms with van der Waals surface area (Å²) in [6.07, 6.45) is 19.7. The van der Waals surface area contributed by atoms with E-state index in [9.17, 15) is 0 Å². The molecule has 1 fully saturated rings. The van der Waals surface area contributed by atoms with Gasteiger partial charge in [0.05, 0.1) is 0 Å². The van der Waals surface area contributed by atoms with Crippen LogP contribution in [0.4, 0.5) is 0 Å². The highest BCUT2D eigenvalue weighted by molar-refractivity contribution is 5.25. The van der Waals surface area contributed by atoms with Gasteiger partial charge in [-0.1, -0.05) is 86.8 Å². The van der Waals surface area contributed by atoms with Crippen LogP contribution in [0.15, 0.2) is 59.3 Å². The first-order chi connectivity index (χ1) is 13.7. The second-order valence-electron chi connectivity index (χ2n) is 9.63. The Kier molecular flexibility index (Phi) is 15.8. The van der Waals surface area contributed by atoms with Crippen LogP contribution in [0.3, 0.4) is 0 Å². The maximum Gasteiger partial charge on any atom is -0.0280 e. The normalized spacial score (nSPS) is 18.4. The molecule has 0 aromatic heterocycles. The maximum absolute atomic E-state index is 4.15. The minimum atomic E-state index is 0.869. The van der Waals surface area contributed by atoms with Crippen LogP contribution in [0.1, 0.15) is 113 Å². The Morgan fingerprint density at radius 3 is 2.17 bits per heavy atom. The summed E-state index contributed by atoms with van der Waals surface area (Å²) < 4.78 is 0. The number of allylic oxidation sites excluding steroid dienone is 8. The number of unbranched alkanes of at least 4 members (excludes halogenated alkanes) is 4. The summed E-state index contributed by atoms with van der Waals surface area (Å²) >= 11 is 0. The van der Waals surface area contributed by atoms with Gasteiger partial charge in [0.1, 0.15) is 0 Å². The van der Waals surface area contributed by atoms with E-state index in [4.69, 9.17) is 0 Å². The van der Waals surface area contributed by atoms with E-state index in [-0.39, 0.29) is 0 Å². The van der Waals surface area contributed by atoms with Gasteiger partial charge in [-0.15, -0.1) is 0 Å². The number of rotatable bonds is 11. The molecule has 0 N–H and O–H groups in total. The Hall–Kier alpha value is -1.30. The summed E-state index contributed by atoms with van der Waals surface area (Å²) in [5.74, 6) is 1.78. The lowest BCUT2D eigenvalue weighted by Gasteiger charge is -2.14. The van der Waals surface area contributed by atoms with E-state index >= 15 is 0 Å². The minimum Gasteiger partial charge on any atom is -0.0998 e. The molecule has 1 aliphatic carbocycles. The molecule has 0 bridgehead atoms. The average molecular weight is 399 g/mol. The van der Waals surface area contributed by atoms with Crippen molar-refractivity contribution in [2.45, 2.75) is 113 Å². The van der Waals surface area contributed by atoms with Crippen LogP contribution >= 0.6 is 0 Å². The van der Waals surface area contributed by atoms with Gasteiger partial charge >= 0.3 is 0 Å². The lowest BCUT2D eigenvalue weighted by molar-refractivity contribution is 0.378. The zero-order valence-corrected chi connectivity index (χ0v) is 20.9. The van der Waals surface area contributed by atoms with Crippen molar-refractivity contribution in [3.63, 3.8) is 0 Å². The Morgan fingerprint density at radius 2 is 1.69 bits per heavy atom. The largest absolute Gasteiger partial charge is 0.0998 e. The first kappa shape index (κ1) is 27.7. The van der Waals surface area contributed by atoms with Gasteiger partial charge < -0.3 is 0 Å². The molecule has 0 aliphatic heterocycles. The van der Waals surface area contributed by atoms with Crippen molar-refractivity contribution < 1.29 is 0 Å². The van der Waals surface area contributed by atoms with Crippen LogP contribution in [0.2, 0.25) is 0 Å². The first-order valence-electron chi connectivity index (χ1n) is 12.0. The molecule has 2 unspecified atom stereocenters. The van der Waals surface area contributed by atoms with E-state index in [0.29, 0.717) is 0 Å². The third-order valence-corrected chi connectivity index (χ3v) is 5.72. The fraction of sp³-hybridized carbons (Fsp3) is 0.655. The fourth-order valence-corrected chi connectivity index (χ4v) is 4.00. The standard InChI is InChI=1S/C19H32.C10H18/c1-14(2)11-18(15(3)4)9-7-8-10-19-13-16(5)12-17(19)6;1-4-5-6-7-8-9-10(2)3/h11,17,19H,5,7-10,12-13H2,1-4,6H3;8-9H,2,4-7H2,1,3H3/b;9-8+. The zero-order chi connectivity index (χ0) is 22.2. The Morgan fingerprint density at radius 1 is 1.00 bits per heavy atom. The number of hydrogen-bond donors (Lipinski definition) is 0. The summed E-state index contributed by atoms with van der Waals surface area (Å²) in [6, 6.07) is 0. The molecule has 29 heavy (non-hydrogen) atoms. The summed E-state index contributed by atoms with van der Waals surface area (Å²) in [6.45, 7) is 23.4. The second-order valence-corrected chi connectivity index (χ2v) is 9.63. The summed E-state index contributed by atoms with van der Waals surface area (Å²) in [5.41, 5.74) is 7.06. The topological polar surface area (TPSA) is 0 Å². The molecule has 0 saturated heterocycles. The molecule has 0 spiro atoms. The number of hydrogen-bond acceptors (Lipinski definition) is 0. The van der Waals surface area contributed by atoms with E-state index in [0.717, 1.165) is 17.4 Å². The molecule has 1 aliphatic rings. The van der Waals surface area contributed by atoms with Gasteiger partial charge in [-0.3, -0.25) is 0 Å². The van der Waals surface area contributed by atoms with E-state index in [1.165, 1.54) is 80.9 Å². The highest BCUT2D eigenvalue weighted by Crippen LogP contribution is 2.37. The van der Waals surface area contributed by atoms with Crippen LogP contribution in [0.25, 0.3) is 0 Å². The summed E-state index contributed by atoms with van der Waals surface area (Å²) in [5, 5.41) is 0. The van der Waals surface area contributed by atoms with E-state index in [1.807, 2.05) is 6.92 Å². The molecule has 0 heteroatoms. The lowest BCUT2D eigenvalue weighted by atomic mass is 9.91. The second kappa shape index (κ2) is 16.5. The molecule has 0 nitrogen and oxygen atoms in total. The quantitative estimate of drug-likeness (QED) is 0.184. The Balaban J connectivity index is 0.000000665. The molecule has 1 saturated carbocycles.